The number of nitrogens with zero attached hydrogens (tertiary/aromatic N) is 7. The van der Waals surface area contributed by atoms with E-state index in [0.717, 1.165) is 38.9 Å². The second-order valence-corrected chi connectivity index (χ2v) is 9.72. The van der Waals surface area contributed by atoms with E-state index in [9.17, 15) is 19.3 Å². The van der Waals surface area contributed by atoms with Crippen molar-refractivity contribution in [3.8, 4) is 5.69 Å². The van der Waals surface area contributed by atoms with Crippen molar-refractivity contribution in [2.45, 2.75) is 32.2 Å². The van der Waals surface area contributed by atoms with Crippen LogP contribution in [0.25, 0.3) is 5.69 Å². The van der Waals surface area contributed by atoms with Crippen molar-refractivity contribution in [1.82, 2.24) is 29.4 Å². The van der Waals surface area contributed by atoms with Crippen LogP contribution in [0.3, 0.4) is 0 Å². The van der Waals surface area contributed by atoms with E-state index in [1.807, 2.05) is 29.0 Å². The maximum Gasteiger partial charge on any atom is 0.311 e. The van der Waals surface area contributed by atoms with Gasteiger partial charge in [-0.25, -0.2) is 9.07 Å². The first-order chi connectivity index (χ1) is 16.8. The number of rotatable bonds is 6. The van der Waals surface area contributed by atoms with Crippen LogP contribution >= 0.6 is 0 Å². The topological polar surface area (TPSA) is 102 Å². The zero-order valence-corrected chi connectivity index (χ0v) is 19.6. The molecule has 11 heteroatoms. The van der Waals surface area contributed by atoms with Gasteiger partial charge in [-0.3, -0.25) is 24.5 Å². The number of halogens is 1. The van der Waals surface area contributed by atoms with Crippen molar-refractivity contribution >= 4 is 11.6 Å². The molecule has 0 aliphatic carbocycles. The first-order valence-electron chi connectivity index (χ1n) is 11.8. The van der Waals surface area contributed by atoms with Gasteiger partial charge in [0.15, 0.2) is 0 Å². The van der Waals surface area contributed by atoms with Crippen LogP contribution in [-0.4, -0.2) is 66.4 Å². The fraction of sp³-hybridized carbons (Fsp3) is 0.458. The minimum atomic E-state index is -0.529. The minimum Gasteiger partial charge on any atom is -0.342 e. The quantitative estimate of drug-likeness (QED) is 0.396. The molecular formula is C24H28FN7O3. The molecule has 2 aromatic heterocycles. The first kappa shape index (κ1) is 23.2. The van der Waals surface area contributed by atoms with Gasteiger partial charge in [-0.1, -0.05) is 0 Å². The molecule has 1 aromatic carbocycles. The van der Waals surface area contributed by atoms with Gasteiger partial charge in [-0.15, -0.1) is 0 Å². The molecule has 35 heavy (non-hydrogen) atoms. The van der Waals surface area contributed by atoms with E-state index < -0.39 is 10.7 Å². The van der Waals surface area contributed by atoms with Crippen molar-refractivity contribution in [1.29, 1.82) is 0 Å². The van der Waals surface area contributed by atoms with E-state index >= 15 is 0 Å². The predicted molar refractivity (Wildman–Crippen MR) is 125 cm³/mol. The summed E-state index contributed by atoms with van der Waals surface area (Å²) >= 11 is 0. The highest BCUT2D eigenvalue weighted by molar-refractivity contribution is 5.79. The van der Waals surface area contributed by atoms with Crippen molar-refractivity contribution < 1.29 is 14.1 Å². The fourth-order valence-electron chi connectivity index (χ4n) is 5.40. The number of likely N-dealkylation sites (tertiary alicyclic amines) is 2. The van der Waals surface area contributed by atoms with Gasteiger partial charge in [0.2, 0.25) is 5.91 Å². The molecular weight excluding hydrogens is 453 g/mol. The average Bonchev–Trinajstić information content (AvgIpc) is 3.54. The molecule has 0 saturated carbocycles. The third-order valence-electron chi connectivity index (χ3n) is 7.07. The van der Waals surface area contributed by atoms with E-state index in [1.165, 1.54) is 40.7 Å². The zero-order chi connectivity index (χ0) is 24.6. The lowest BCUT2D eigenvalue weighted by Crippen LogP contribution is -2.45. The Labute approximate surface area is 202 Å². The molecule has 1 spiro atoms. The lowest BCUT2D eigenvalue weighted by Gasteiger charge is -2.40. The second kappa shape index (κ2) is 9.21. The molecule has 3 aromatic rings. The first-order valence-corrected chi connectivity index (χ1v) is 11.8. The van der Waals surface area contributed by atoms with E-state index in [4.69, 9.17) is 0 Å². The number of carbonyl (C=O) groups excluding carboxylic acids is 1. The Morgan fingerprint density at radius 3 is 2.69 bits per heavy atom. The number of aromatic nitrogens is 4. The molecule has 1 amide bonds. The number of nitro groups is 1. The predicted octanol–water partition coefficient (Wildman–Crippen LogP) is 2.71. The van der Waals surface area contributed by atoms with E-state index in [2.05, 4.69) is 15.1 Å². The SMILES string of the molecule is Cn1cc(CN2CCCC3(CCN(C(=O)Cc4nn(-c5ccc(F)cc5)cc4[N+](=O)[O-])C3)C2)cn1. The largest absolute Gasteiger partial charge is 0.342 e. The number of benzene rings is 1. The normalized spacial score (nSPS) is 20.6. The van der Waals surface area contributed by atoms with Crippen LogP contribution in [0.1, 0.15) is 30.5 Å². The number of amides is 1. The second-order valence-electron chi connectivity index (χ2n) is 9.72. The maximum absolute atomic E-state index is 13.3. The Morgan fingerprint density at radius 1 is 1.17 bits per heavy atom. The van der Waals surface area contributed by atoms with E-state index in [1.54, 1.807) is 0 Å². The monoisotopic (exact) mass is 481 g/mol. The third kappa shape index (κ3) is 4.95. The van der Waals surface area contributed by atoms with Crippen LogP contribution in [-0.2, 0) is 24.8 Å². The molecule has 1 atom stereocenters. The van der Waals surface area contributed by atoms with Crippen LogP contribution in [0.15, 0.2) is 42.9 Å². The van der Waals surface area contributed by atoms with Crippen molar-refractivity contribution in [2.24, 2.45) is 12.5 Å². The Hall–Kier alpha value is -3.60. The molecule has 1 unspecified atom stereocenters. The number of aryl methyl sites for hydroxylation is 1. The van der Waals surface area contributed by atoms with Crippen LogP contribution in [0.2, 0.25) is 0 Å². The molecule has 0 bridgehead atoms. The molecule has 10 nitrogen and oxygen atoms in total. The van der Waals surface area contributed by atoms with E-state index in [-0.39, 0.29) is 29.1 Å². The van der Waals surface area contributed by atoms with E-state index in [0.29, 0.717) is 18.8 Å². The van der Waals surface area contributed by atoms with Crippen LogP contribution in [0.4, 0.5) is 10.1 Å². The van der Waals surface area contributed by atoms with Crippen LogP contribution in [0.5, 0.6) is 0 Å². The summed E-state index contributed by atoms with van der Waals surface area (Å²) in [4.78, 5) is 28.5. The fourth-order valence-corrected chi connectivity index (χ4v) is 5.40. The molecule has 4 heterocycles. The Bertz CT molecular complexity index is 1240. The Balaban J connectivity index is 1.26. The highest BCUT2D eigenvalue weighted by Crippen LogP contribution is 2.39. The van der Waals surface area contributed by atoms with Gasteiger partial charge < -0.3 is 4.90 Å². The molecule has 0 N–H and O–H groups in total. The minimum absolute atomic E-state index is 0.0511. The molecule has 2 aliphatic rings. The summed E-state index contributed by atoms with van der Waals surface area (Å²) in [5.41, 5.74) is 1.63. The molecule has 2 saturated heterocycles. The standard InChI is InChI=1S/C24H28FN7O3/c1-28-13-18(12-26-28)14-29-9-2-7-24(16-29)8-10-30(17-24)23(33)11-21-22(32(34)35)15-31(27-21)20-5-3-19(25)4-6-20/h3-6,12-13,15H,2,7-11,14,16-17H2,1H3. The number of hydrogen-bond acceptors (Lipinski definition) is 6. The smallest absolute Gasteiger partial charge is 0.311 e. The molecule has 0 radical (unpaired) electrons. The average molecular weight is 482 g/mol. The van der Waals surface area contributed by atoms with Crippen molar-refractivity contribution in [3.63, 3.8) is 0 Å². The third-order valence-corrected chi connectivity index (χ3v) is 7.07. The summed E-state index contributed by atoms with van der Waals surface area (Å²) in [5.74, 6) is -0.561. The van der Waals surface area contributed by atoms with Crippen LogP contribution in [0, 0.1) is 21.3 Å². The highest BCUT2D eigenvalue weighted by atomic mass is 19.1. The number of carbonyl (C=O) groups is 1. The molecule has 2 fully saturated rings. The van der Waals surface area contributed by atoms with Gasteiger partial charge >= 0.3 is 5.69 Å². The summed E-state index contributed by atoms with van der Waals surface area (Å²) in [7, 11) is 1.91. The summed E-state index contributed by atoms with van der Waals surface area (Å²) in [6.45, 7) is 4.09. The summed E-state index contributed by atoms with van der Waals surface area (Å²) in [6, 6.07) is 5.50. The lowest BCUT2D eigenvalue weighted by atomic mass is 9.79. The molecule has 5 rings (SSSR count). The van der Waals surface area contributed by atoms with Crippen molar-refractivity contribution in [2.75, 3.05) is 26.2 Å². The number of piperidine rings is 1. The van der Waals surface area contributed by atoms with Gasteiger partial charge in [0, 0.05) is 50.4 Å². The number of hydrogen-bond donors (Lipinski definition) is 0. The summed E-state index contributed by atoms with van der Waals surface area (Å²) < 4.78 is 16.4. The van der Waals surface area contributed by atoms with Crippen molar-refractivity contribution in [3.05, 3.63) is 70.0 Å². The molecule has 184 valence electrons. The van der Waals surface area contributed by atoms with Gasteiger partial charge in [0.05, 0.1) is 23.2 Å². The van der Waals surface area contributed by atoms with Crippen LogP contribution < -0.4 is 0 Å². The Kier molecular flexibility index (Phi) is 6.10. The van der Waals surface area contributed by atoms with Gasteiger partial charge in [-0.2, -0.15) is 10.2 Å². The highest BCUT2D eigenvalue weighted by Gasteiger charge is 2.43. The maximum atomic E-state index is 13.3. The lowest BCUT2D eigenvalue weighted by molar-refractivity contribution is -0.385. The summed E-state index contributed by atoms with van der Waals surface area (Å²) in [5, 5.41) is 20.2. The Morgan fingerprint density at radius 2 is 1.97 bits per heavy atom. The van der Waals surface area contributed by atoms with Gasteiger partial charge in [0.1, 0.15) is 17.7 Å². The zero-order valence-electron chi connectivity index (χ0n) is 19.6. The molecule has 2 aliphatic heterocycles. The van der Waals surface area contributed by atoms with Gasteiger partial charge in [-0.05, 0) is 50.1 Å². The summed E-state index contributed by atoms with van der Waals surface area (Å²) in [6.07, 6.45) is 8.14. The van der Waals surface area contributed by atoms with Gasteiger partial charge in [0.25, 0.3) is 0 Å².